The molecule has 1 heterocycles. The van der Waals surface area contributed by atoms with Gasteiger partial charge in [-0.2, -0.15) is 0 Å². The molecule has 1 aliphatic heterocycles. The summed E-state index contributed by atoms with van der Waals surface area (Å²) in [7, 11) is 5.64. The number of likely N-dealkylation sites (N-methyl/N-ethyl adjacent to an activating group) is 1. The Morgan fingerprint density at radius 3 is 2.46 bits per heavy atom. The van der Waals surface area contributed by atoms with Crippen LogP contribution >= 0.6 is 0 Å². The molecular formula is C20H28N2O2. The van der Waals surface area contributed by atoms with Crippen LogP contribution in [0.15, 0.2) is 30.3 Å². The number of rotatable bonds is 6. The highest BCUT2D eigenvalue weighted by Crippen LogP contribution is 2.38. The smallest absolute Gasteiger partial charge is 0.164 e. The highest BCUT2D eigenvalue weighted by molar-refractivity contribution is 5.90. The van der Waals surface area contributed by atoms with Crippen molar-refractivity contribution < 1.29 is 9.47 Å². The number of hydrogen-bond donors (Lipinski definition) is 0. The van der Waals surface area contributed by atoms with Gasteiger partial charge in [0.1, 0.15) is 0 Å². The minimum Gasteiger partial charge on any atom is -0.493 e. The van der Waals surface area contributed by atoms with Crippen LogP contribution in [-0.4, -0.2) is 63.8 Å². The van der Waals surface area contributed by atoms with Crippen LogP contribution in [0.1, 0.15) is 12.0 Å². The van der Waals surface area contributed by atoms with Crippen LogP contribution in [0.5, 0.6) is 11.5 Å². The van der Waals surface area contributed by atoms with E-state index >= 15 is 0 Å². The molecule has 0 spiro atoms. The molecule has 1 fully saturated rings. The van der Waals surface area contributed by atoms with E-state index in [9.17, 15) is 0 Å². The van der Waals surface area contributed by atoms with Gasteiger partial charge in [0, 0.05) is 31.7 Å². The van der Waals surface area contributed by atoms with Crippen LogP contribution in [-0.2, 0) is 6.42 Å². The molecule has 0 unspecified atom stereocenters. The van der Waals surface area contributed by atoms with Crippen molar-refractivity contribution in [2.75, 3.05) is 54.0 Å². The molecule has 0 saturated carbocycles. The molecular weight excluding hydrogens is 300 g/mol. The monoisotopic (exact) mass is 328 g/mol. The molecule has 4 nitrogen and oxygen atoms in total. The number of methoxy groups -OCH3 is 2. The van der Waals surface area contributed by atoms with E-state index in [1.54, 1.807) is 14.2 Å². The van der Waals surface area contributed by atoms with Crippen molar-refractivity contribution in [1.29, 1.82) is 0 Å². The van der Waals surface area contributed by atoms with Gasteiger partial charge < -0.3 is 19.3 Å². The van der Waals surface area contributed by atoms with E-state index < -0.39 is 0 Å². The Hall–Kier alpha value is -1.78. The summed E-state index contributed by atoms with van der Waals surface area (Å²) in [6.07, 6.45) is 2.14. The quantitative estimate of drug-likeness (QED) is 0.814. The third-order valence-corrected chi connectivity index (χ3v) is 4.99. The highest BCUT2D eigenvalue weighted by atomic mass is 16.5. The average molecular weight is 328 g/mol. The molecule has 1 aliphatic rings. The van der Waals surface area contributed by atoms with Crippen molar-refractivity contribution in [3.05, 3.63) is 35.9 Å². The van der Waals surface area contributed by atoms with E-state index in [1.165, 1.54) is 42.5 Å². The first-order valence-electron chi connectivity index (χ1n) is 8.76. The van der Waals surface area contributed by atoms with Crippen LogP contribution in [0.3, 0.4) is 0 Å². The van der Waals surface area contributed by atoms with Gasteiger partial charge in [0.25, 0.3) is 0 Å². The van der Waals surface area contributed by atoms with E-state index in [1.807, 2.05) is 0 Å². The second kappa shape index (κ2) is 7.86. The minimum atomic E-state index is 0.825. The maximum absolute atomic E-state index is 5.69. The Morgan fingerprint density at radius 2 is 1.75 bits per heavy atom. The number of ether oxygens (including phenoxy) is 2. The van der Waals surface area contributed by atoms with Crippen LogP contribution in [0.2, 0.25) is 0 Å². The summed E-state index contributed by atoms with van der Waals surface area (Å²) in [5.74, 6) is 1.71. The van der Waals surface area contributed by atoms with Gasteiger partial charge in [0.05, 0.1) is 14.2 Å². The van der Waals surface area contributed by atoms with Crippen LogP contribution in [0.25, 0.3) is 10.8 Å². The van der Waals surface area contributed by atoms with Gasteiger partial charge in [-0.3, -0.25) is 0 Å². The van der Waals surface area contributed by atoms with Crippen molar-refractivity contribution in [1.82, 2.24) is 9.80 Å². The summed E-state index contributed by atoms with van der Waals surface area (Å²) in [4.78, 5) is 4.96. The van der Waals surface area contributed by atoms with E-state index in [4.69, 9.17) is 9.47 Å². The molecule has 2 aromatic rings. The summed E-state index contributed by atoms with van der Waals surface area (Å²) in [5.41, 5.74) is 1.27. The maximum atomic E-state index is 5.69. The summed E-state index contributed by atoms with van der Waals surface area (Å²) in [6, 6.07) is 10.6. The summed E-state index contributed by atoms with van der Waals surface area (Å²) in [5, 5.41) is 2.48. The van der Waals surface area contributed by atoms with E-state index in [0.29, 0.717) is 0 Å². The van der Waals surface area contributed by atoms with Gasteiger partial charge in [-0.1, -0.05) is 24.3 Å². The molecule has 0 aromatic heterocycles. The zero-order valence-electron chi connectivity index (χ0n) is 15.0. The van der Waals surface area contributed by atoms with Gasteiger partial charge in [-0.05, 0) is 43.3 Å². The molecule has 24 heavy (non-hydrogen) atoms. The number of benzene rings is 2. The Bertz CT molecular complexity index is 679. The lowest BCUT2D eigenvalue weighted by Gasteiger charge is -2.32. The van der Waals surface area contributed by atoms with Crippen molar-refractivity contribution in [2.24, 2.45) is 0 Å². The number of piperazine rings is 1. The second-order valence-electron chi connectivity index (χ2n) is 6.56. The lowest BCUT2D eigenvalue weighted by molar-refractivity contribution is 0.153. The normalized spacial score (nSPS) is 16.5. The zero-order chi connectivity index (χ0) is 16.9. The second-order valence-corrected chi connectivity index (χ2v) is 6.56. The predicted molar refractivity (Wildman–Crippen MR) is 99.3 cm³/mol. The number of aryl methyl sites for hydroxylation is 1. The summed E-state index contributed by atoms with van der Waals surface area (Å²) in [6.45, 7) is 5.83. The van der Waals surface area contributed by atoms with Crippen molar-refractivity contribution in [2.45, 2.75) is 12.8 Å². The molecule has 0 bridgehead atoms. The lowest BCUT2D eigenvalue weighted by Crippen LogP contribution is -2.44. The maximum Gasteiger partial charge on any atom is 0.164 e. The first-order valence-corrected chi connectivity index (χ1v) is 8.76. The third kappa shape index (κ3) is 3.65. The number of nitrogens with zero attached hydrogens (tertiary/aromatic N) is 2. The fraction of sp³-hybridized carbons (Fsp3) is 0.500. The van der Waals surface area contributed by atoms with E-state index in [-0.39, 0.29) is 0 Å². The van der Waals surface area contributed by atoms with Crippen molar-refractivity contribution >= 4 is 10.8 Å². The SMILES string of the molecule is COc1cc2ccccc2c(CCCN2CCN(C)CC2)c1OC. The van der Waals surface area contributed by atoms with Crippen LogP contribution in [0.4, 0.5) is 0 Å². The van der Waals surface area contributed by atoms with Gasteiger partial charge >= 0.3 is 0 Å². The van der Waals surface area contributed by atoms with Crippen molar-refractivity contribution in [3.63, 3.8) is 0 Å². The molecule has 0 radical (unpaired) electrons. The molecule has 0 atom stereocenters. The Morgan fingerprint density at radius 1 is 1.00 bits per heavy atom. The average Bonchev–Trinajstić information content (AvgIpc) is 2.62. The molecule has 0 amide bonds. The minimum absolute atomic E-state index is 0.825. The van der Waals surface area contributed by atoms with Crippen LogP contribution < -0.4 is 9.47 Å². The largest absolute Gasteiger partial charge is 0.493 e. The van der Waals surface area contributed by atoms with Crippen LogP contribution in [0, 0.1) is 0 Å². The Kier molecular flexibility index (Phi) is 5.59. The van der Waals surface area contributed by atoms with Gasteiger partial charge in [-0.25, -0.2) is 0 Å². The van der Waals surface area contributed by atoms with E-state index in [0.717, 1.165) is 30.9 Å². The molecule has 2 aromatic carbocycles. The molecule has 4 heteroatoms. The third-order valence-electron chi connectivity index (χ3n) is 4.99. The van der Waals surface area contributed by atoms with Gasteiger partial charge in [0.15, 0.2) is 11.5 Å². The summed E-state index contributed by atoms with van der Waals surface area (Å²) >= 11 is 0. The highest BCUT2D eigenvalue weighted by Gasteiger charge is 2.16. The fourth-order valence-corrected chi connectivity index (χ4v) is 3.55. The number of hydrogen-bond acceptors (Lipinski definition) is 4. The zero-order valence-corrected chi connectivity index (χ0v) is 15.0. The van der Waals surface area contributed by atoms with Crippen molar-refractivity contribution in [3.8, 4) is 11.5 Å². The summed E-state index contributed by atoms with van der Waals surface area (Å²) < 4.78 is 11.2. The number of fused-ring (bicyclic) bond motifs is 1. The lowest BCUT2D eigenvalue weighted by atomic mass is 9.98. The first-order chi connectivity index (χ1) is 11.7. The topological polar surface area (TPSA) is 24.9 Å². The first kappa shape index (κ1) is 17.1. The Balaban J connectivity index is 1.77. The standard InChI is InChI=1S/C20H28N2O2/c1-21-11-13-22(14-12-21)10-6-9-18-17-8-5-4-7-16(17)15-19(23-2)20(18)24-3/h4-5,7-8,15H,6,9-14H2,1-3H3. The Labute approximate surface area is 145 Å². The van der Waals surface area contributed by atoms with Gasteiger partial charge in [-0.15, -0.1) is 0 Å². The molecule has 1 saturated heterocycles. The molecule has 0 N–H and O–H groups in total. The van der Waals surface area contributed by atoms with Gasteiger partial charge in [0.2, 0.25) is 0 Å². The molecule has 3 rings (SSSR count). The predicted octanol–water partition coefficient (Wildman–Crippen LogP) is 3.04. The molecule has 0 aliphatic carbocycles. The fourth-order valence-electron chi connectivity index (χ4n) is 3.55. The molecule has 130 valence electrons. The van der Waals surface area contributed by atoms with E-state index in [2.05, 4.69) is 47.2 Å².